The van der Waals surface area contributed by atoms with E-state index in [1.807, 2.05) is 0 Å². The lowest BCUT2D eigenvalue weighted by Gasteiger charge is -2.17. The minimum absolute atomic E-state index is 0.131. The number of unbranched alkanes of at least 4 members (excludes halogenated alkanes) is 1. The first-order chi connectivity index (χ1) is 7.27. The standard InChI is InChI=1S/C11H21N3S/c1-3-5-6-9(4-2)7-10(12)11-8-13-14-15-11/h8-10H,3-7,12H2,1-2H3. The number of nitrogens with two attached hydrogens (primary N) is 1. The van der Waals surface area contributed by atoms with Gasteiger partial charge in [0, 0.05) is 6.04 Å². The highest BCUT2D eigenvalue weighted by atomic mass is 32.1. The fourth-order valence-electron chi connectivity index (χ4n) is 1.79. The van der Waals surface area contributed by atoms with Crippen molar-refractivity contribution in [3.8, 4) is 0 Å². The molecule has 0 spiro atoms. The molecule has 0 radical (unpaired) electrons. The van der Waals surface area contributed by atoms with Crippen LogP contribution in [0.15, 0.2) is 6.20 Å². The molecule has 86 valence electrons. The third kappa shape index (κ3) is 4.26. The van der Waals surface area contributed by atoms with Gasteiger partial charge in [-0.05, 0) is 23.9 Å². The van der Waals surface area contributed by atoms with Crippen LogP contribution in [0.1, 0.15) is 56.9 Å². The van der Waals surface area contributed by atoms with Gasteiger partial charge in [0.2, 0.25) is 0 Å². The average Bonchev–Trinajstić information content (AvgIpc) is 2.77. The van der Waals surface area contributed by atoms with Crippen LogP contribution in [0.25, 0.3) is 0 Å². The first-order valence-electron chi connectivity index (χ1n) is 5.80. The third-order valence-electron chi connectivity index (χ3n) is 2.87. The van der Waals surface area contributed by atoms with Gasteiger partial charge in [0.25, 0.3) is 0 Å². The lowest BCUT2D eigenvalue weighted by molar-refractivity contribution is 0.390. The van der Waals surface area contributed by atoms with Gasteiger partial charge in [-0.3, -0.25) is 0 Å². The smallest absolute Gasteiger partial charge is 0.0669 e. The van der Waals surface area contributed by atoms with Crippen molar-refractivity contribution in [2.45, 2.75) is 52.0 Å². The van der Waals surface area contributed by atoms with E-state index in [0.717, 1.165) is 17.2 Å². The Bertz CT molecular complexity index is 248. The van der Waals surface area contributed by atoms with Crippen molar-refractivity contribution >= 4 is 11.5 Å². The molecule has 3 nitrogen and oxygen atoms in total. The van der Waals surface area contributed by atoms with E-state index >= 15 is 0 Å². The Morgan fingerprint density at radius 2 is 2.27 bits per heavy atom. The van der Waals surface area contributed by atoms with Gasteiger partial charge >= 0.3 is 0 Å². The topological polar surface area (TPSA) is 51.8 Å². The molecule has 1 heterocycles. The van der Waals surface area contributed by atoms with Crippen molar-refractivity contribution in [2.75, 3.05) is 0 Å². The van der Waals surface area contributed by atoms with E-state index in [2.05, 4.69) is 23.4 Å². The van der Waals surface area contributed by atoms with Crippen LogP contribution in [-0.2, 0) is 0 Å². The first-order valence-corrected chi connectivity index (χ1v) is 6.58. The molecule has 0 aliphatic rings. The maximum atomic E-state index is 6.12. The zero-order valence-electron chi connectivity index (χ0n) is 9.65. The van der Waals surface area contributed by atoms with Crippen molar-refractivity contribution in [3.63, 3.8) is 0 Å². The highest BCUT2D eigenvalue weighted by molar-refractivity contribution is 7.05. The summed E-state index contributed by atoms with van der Waals surface area (Å²) in [5, 5.41) is 3.83. The van der Waals surface area contributed by atoms with Crippen molar-refractivity contribution in [3.05, 3.63) is 11.1 Å². The summed E-state index contributed by atoms with van der Waals surface area (Å²) >= 11 is 1.42. The van der Waals surface area contributed by atoms with Gasteiger partial charge in [0.05, 0.1) is 11.1 Å². The molecule has 15 heavy (non-hydrogen) atoms. The Labute approximate surface area is 96.2 Å². The summed E-state index contributed by atoms with van der Waals surface area (Å²) in [7, 11) is 0. The molecule has 0 amide bonds. The summed E-state index contributed by atoms with van der Waals surface area (Å²) in [6.45, 7) is 4.48. The van der Waals surface area contributed by atoms with Gasteiger partial charge in [-0.15, -0.1) is 5.10 Å². The second-order valence-electron chi connectivity index (χ2n) is 4.08. The van der Waals surface area contributed by atoms with E-state index in [1.54, 1.807) is 6.20 Å². The molecule has 2 unspecified atom stereocenters. The van der Waals surface area contributed by atoms with Crippen LogP contribution in [0.5, 0.6) is 0 Å². The Hall–Kier alpha value is -0.480. The van der Waals surface area contributed by atoms with Crippen LogP contribution in [0, 0.1) is 5.92 Å². The molecule has 0 saturated carbocycles. The van der Waals surface area contributed by atoms with Crippen molar-refractivity contribution in [1.29, 1.82) is 0 Å². The monoisotopic (exact) mass is 227 g/mol. The van der Waals surface area contributed by atoms with E-state index in [9.17, 15) is 0 Å². The fraction of sp³-hybridized carbons (Fsp3) is 0.818. The van der Waals surface area contributed by atoms with Crippen molar-refractivity contribution < 1.29 is 0 Å². The molecular weight excluding hydrogens is 206 g/mol. The molecule has 0 bridgehead atoms. The van der Waals surface area contributed by atoms with Gasteiger partial charge in [-0.2, -0.15) is 0 Å². The molecule has 1 rings (SSSR count). The predicted octanol–water partition coefficient (Wildman–Crippen LogP) is 3.14. The molecule has 0 aliphatic heterocycles. The number of hydrogen-bond donors (Lipinski definition) is 1. The Morgan fingerprint density at radius 3 is 2.80 bits per heavy atom. The van der Waals surface area contributed by atoms with Crippen LogP contribution in [0.3, 0.4) is 0 Å². The van der Waals surface area contributed by atoms with Gasteiger partial charge in [0.15, 0.2) is 0 Å². The highest BCUT2D eigenvalue weighted by Gasteiger charge is 2.14. The van der Waals surface area contributed by atoms with E-state index in [0.29, 0.717) is 0 Å². The Balaban J connectivity index is 2.37. The quantitative estimate of drug-likeness (QED) is 0.778. The second-order valence-corrected chi connectivity index (χ2v) is 4.90. The molecular formula is C11H21N3S. The van der Waals surface area contributed by atoms with Crippen LogP contribution in [0.2, 0.25) is 0 Å². The molecule has 1 aromatic rings. The SMILES string of the molecule is CCCCC(CC)CC(N)c1cnns1. The average molecular weight is 227 g/mol. The van der Waals surface area contributed by atoms with Crippen LogP contribution in [-0.4, -0.2) is 9.59 Å². The predicted molar refractivity (Wildman–Crippen MR) is 64.8 cm³/mol. The molecule has 0 aromatic carbocycles. The van der Waals surface area contributed by atoms with E-state index in [1.165, 1.54) is 37.2 Å². The maximum Gasteiger partial charge on any atom is 0.0669 e. The van der Waals surface area contributed by atoms with E-state index in [-0.39, 0.29) is 6.04 Å². The van der Waals surface area contributed by atoms with Crippen molar-refractivity contribution in [1.82, 2.24) is 9.59 Å². The molecule has 0 saturated heterocycles. The van der Waals surface area contributed by atoms with Gasteiger partial charge < -0.3 is 5.73 Å². The minimum Gasteiger partial charge on any atom is -0.323 e. The zero-order valence-corrected chi connectivity index (χ0v) is 10.5. The van der Waals surface area contributed by atoms with Gasteiger partial charge in [0.1, 0.15) is 0 Å². The van der Waals surface area contributed by atoms with Crippen LogP contribution < -0.4 is 5.73 Å². The zero-order chi connectivity index (χ0) is 11.1. The number of hydrogen-bond acceptors (Lipinski definition) is 4. The number of aromatic nitrogens is 2. The second kappa shape index (κ2) is 6.90. The summed E-state index contributed by atoms with van der Waals surface area (Å²) < 4.78 is 3.85. The minimum atomic E-state index is 0.131. The number of rotatable bonds is 7. The first kappa shape index (κ1) is 12.6. The number of nitrogens with zero attached hydrogens (tertiary/aromatic N) is 2. The van der Waals surface area contributed by atoms with Crippen molar-refractivity contribution in [2.24, 2.45) is 11.7 Å². The van der Waals surface area contributed by atoms with E-state index < -0.39 is 0 Å². The molecule has 0 aliphatic carbocycles. The molecule has 0 fully saturated rings. The third-order valence-corrected chi connectivity index (χ3v) is 3.67. The lowest BCUT2D eigenvalue weighted by atomic mass is 9.92. The van der Waals surface area contributed by atoms with Crippen LogP contribution in [0.4, 0.5) is 0 Å². The Kier molecular flexibility index (Phi) is 5.79. The summed E-state index contributed by atoms with van der Waals surface area (Å²) in [5.74, 6) is 0.752. The van der Waals surface area contributed by atoms with Crippen LogP contribution >= 0.6 is 11.5 Å². The molecule has 2 N–H and O–H groups in total. The highest BCUT2D eigenvalue weighted by Crippen LogP contribution is 2.25. The lowest BCUT2D eigenvalue weighted by Crippen LogP contribution is -2.14. The largest absolute Gasteiger partial charge is 0.323 e. The Morgan fingerprint density at radius 1 is 1.47 bits per heavy atom. The van der Waals surface area contributed by atoms with Gasteiger partial charge in [-0.1, -0.05) is 44.0 Å². The summed E-state index contributed by atoms with van der Waals surface area (Å²) in [6, 6.07) is 0.131. The molecule has 1 aromatic heterocycles. The molecule has 4 heteroatoms. The summed E-state index contributed by atoms with van der Waals surface area (Å²) in [6.07, 6.45) is 7.97. The fourth-order valence-corrected chi connectivity index (χ4v) is 2.31. The maximum absolute atomic E-state index is 6.12. The molecule has 2 atom stereocenters. The summed E-state index contributed by atoms with van der Waals surface area (Å²) in [5.41, 5.74) is 6.12. The summed E-state index contributed by atoms with van der Waals surface area (Å²) in [4.78, 5) is 1.12. The normalized spacial score (nSPS) is 15.1. The van der Waals surface area contributed by atoms with E-state index in [4.69, 9.17) is 5.73 Å². The van der Waals surface area contributed by atoms with Gasteiger partial charge in [-0.25, -0.2) is 0 Å².